The van der Waals surface area contributed by atoms with Crippen LogP contribution in [0.15, 0.2) is 67.0 Å². The maximum absolute atomic E-state index is 12.4. The number of nitrogens with one attached hydrogen (secondary N) is 1. The Labute approximate surface area is 206 Å². The summed E-state index contributed by atoms with van der Waals surface area (Å²) in [5, 5.41) is 12.0. The number of anilines is 1. The molecule has 3 heterocycles. The van der Waals surface area contributed by atoms with Gasteiger partial charge < -0.3 is 15.4 Å². The van der Waals surface area contributed by atoms with Crippen molar-refractivity contribution in [1.29, 1.82) is 0 Å². The number of primary amides is 1. The van der Waals surface area contributed by atoms with E-state index in [2.05, 4.69) is 15.3 Å². The Morgan fingerprint density at radius 2 is 1.97 bits per heavy atom. The third-order valence-corrected chi connectivity index (χ3v) is 5.93. The van der Waals surface area contributed by atoms with Crippen molar-refractivity contribution in [1.82, 2.24) is 24.8 Å². The summed E-state index contributed by atoms with van der Waals surface area (Å²) in [4.78, 5) is 19.3. The lowest BCUT2D eigenvalue weighted by molar-refractivity contribution is 0.0996. The molecule has 10 heteroatoms. The van der Waals surface area contributed by atoms with Crippen LogP contribution in [0.4, 0.5) is 5.82 Å². The first-order valence-corrected chi connectivity index (χ1v) is 11.1. The molecule has 0 radical (unpaired) electrons. The summed E-state index contributed by atoms with van der Waals surface area (Å²) in [5.74, 6) is 0.817. The lowest BCUT2D eigenvalue weighted by atomic mass is 10.1. The van der Waals surface area contributed by atoms with Crippen LogP contribution in [0.25, 0.3) is 28.0 Å². The van der Waals surface area contributed by atoms with Crippen molar-refractivity contribution in [2.45, 2.75) is 6.54 Å². The van der Waals surface area contributed by atoms with Crippen LogP contribution in [0.3, 0.4) is 0 Å². The number of H-pyrrole nitrogens is 1. The highest BCUT2D eigenvalue weighted by atomic mass is 35.5. The lowest BCUT2D eigenvalue weighted by Crippen LogP contribution is -2.18. The van der Waals surface area contributed by atoms with Gasteiger partial charge in [0, 0.05) is 36.4 Å². The summed E-state index contributed by atoms with van der Waals surface area (Å²) >= 11 is 6.10. The highest BCUT2D eigenvalue weighted by molar-refractivity contribution is 6.30. The number of rotatable bonds is 7. The van der Waals surface area contributed by atoms with E-state index in [0.29, 0.717) is 34.3 Å². The molecule has 0 bridgehead atoms. The van der Waals surface area contributed by atoms with Crippen molar-refractivity contribution in [3.63, 3.8) is 0 Å². The smallest absolute Gasteiger partial charge is 0.269 e. The average molecular weight is 488 g/mol. The summed E-state index contributed by atoms with van der Waals surface area (Å²) in [7, 11) is 3.59. The van der Waals surface area contributed by atoms with Crippen LogP contribution < -0.4 is 15.4 Å². The third-order valence-electron chi connectivity index (χ3n) is 5.68. The molecule has 5 aromatic rings. The van der Waals surface area contributed by atoms with Gasteiger partial charge >= 0.3 is 0 Å². The minimum Gasteiger partial charge on any atom is -0.497 e. The Morgan fingerprint density at radius 3 is 2.66 bits per heavy atom. The molecule has 5 rings (SSSR count). The molecule has 0 unspecified atom stereocenters. The Kier molecular flexibility index (Phi) is 5.84. The number of amides is 1. The van der Waals surface area contributed by atoms with Crippen LogP contribution in [0.1, 0.15) is 16.1 Å². The van der Waals surface area contributed by atoms with Crippen molar-refractivity contribution < 1.29 is 9.53 Å². The van der Waals surface area contributed by atoms with Crippen molar-refractivity contribution in [3.05, 3.63) is 83.3 Å². The Balaban J connectivity index is 1.71. The number of nitrogens with two attached hydrogens (primary N) is 1. The number of halogens is 1. The highest BCUT2D eigenvalue weighted by Gasteiger charge is 2.24. The maximum atomic E-state index is 12.4. The molecule has 0 spiro atoms. The normalized spacial score (nSPS) is 11.1. The molecule has 0 aliphatic rings. The van der Waals surface area contributed by atoms with E-state index in [-0.39, 0.29) is 5.69 Å². The van der Waals surface area contributed by atoms with Crippen LogP contribution in [-0.4, -0.2) is 44.9 Å². The third kappa shape index (κ3) is 4.29. The molecule has 0 saturated heterocycles. The largest absolute Gasteiger partial charge is 0.497 e. The zero-order chi connectivity index (χ0) is 24.5. The number of hydrogen-bond donors (Lipinski definition) is 2. The van der Waals surface area contributed by atoms with Gasteiger partial charge in [-0.05, 0) is 35.4 Å². The summed E-state index contributed by atoms with van der Waals surface area (Å²) in [6, 6.07) is 16.9. The van der Waals surface area contributed by atoms with E-state index in [1.807, 2.05) is 54.4 Å². The van der Waals surface area contributed by atoms with Gasteiger partial charge in [0.05, 0.1) is 24.6 Å². The maximum Gasteiger partial charge on any atom is 0.269 e. The number of aromatic nitrogens is 5. The van der Waals surface area contributed by atoms with Gasteiger partial charge in [0.15, 0.2) is 11.3 Å². The molecule has 35 heavy (non-hydrogen) atoms. The van der Waals surface area contributed by atoms with E-state index in [0.717, 1.165) is 22.4 Å². The zero-order valence-electron chi connectivity index (χ0n) is 19.1. The van der Waals surface area contributed by atoms with E-state index < -0.39 is 5.91 Å². The number of ether oxygens (including phenoxy) is 1. The molecular weight excluding hydrogens is 466 g/mol. The van der Waals surface area contributed by atoms with Gasteiger partial charge in [-0.1, -0.05) is 35.9 Å². The number of carbonyl (C=O) groups is 1. The van der Waals surface area contributed by atoms with E-state index in [1.54, 1.807) is 36.2 Å². The summed E-state index contributed by atoms with van der Waals surface area (Å²) in [5.41, 5.74) is 10.2. The van der Waals surface area contributed by atoms with Crippen molar-refractivity contribution in [2.24, 2.45) is 5.73 Å². The minimum absolute atomic E-state index is 0.122. The predicted molar refractivity (Wildman–Crippen MR) is 135 cm³/mol. The van der Waals surface area contributed by atoms with Crippen molar-refractivity contribution >= 4 is 29.0 Å². The van der Waals surface area contributed by atoms with E-state index in [4.69, 9.17) is 27.1 Å². The Hall–Kier alpha value is -4.37. The van der Waals surface area contributed by atoms with Gasteiger partial charge in [-0.25, -0.2) is 9.50 Å². The Morgan fingerprint density at radius 1 is 1.17 bits per heavy atom. The molecule has 176 valence electrons. The van der Waals surface area contributed by atoms with Crippen molar-refractivity contribution in [3.8, 4) is 28.1 Å². The molecule has 2 aromatic carbocycles. The molecule has 3 aromatic heterocycles. The van der Waals surface area contributed by atoms with Crippen LogP contribution >= 0.6 is 11.6 Å². The molecule has 9 nitrogen and oxygen atoms in total. The number of aromatic amines is 1. The molecule has 0 aliphatic heterocycles. The molecule has 1 amide bonds. The fourth-order valence-corrected chi connectivity index (χ4v) is 4.10. The highest BCUT2D eigenvalue weighted by Crippen LogP contribution is 2.33. The average Bonchev–Trinajstić information content (AvgIpc) is 3.52. The Bertz CT molecular complexity index is 1510. The number of hydrogen-bond acceptors (Lipinski definition) is 6. The molecule has 0 atom stereocenters. The minimum atomic E-state index is -0.648. The summed E-state index contributed by atoms with van der Waals surface area (Å²) < 4.78 is 6.98. The molecule has 0 aliphatic carbocycles. The van der Waals surface area contributed by atoms with Gasteiger partial charge in [-0.15, -0.1) is 0 Å². The second kappa shape index (κ2) is 9.11. The van der Waals surface area contributed by atoms with Gasteiger partial charge in [0.1, 0.15) is 11.6 Å². The summed E-state index contributed by atoms with van der Waals surface area (Å²) in [6.45, 7) is 0.582. The van der Waals surface area contributed by atoms with Crippen LogP contribution in [0.2, 0.25) is 5.02 Å². The predicted octanol–water partition coefficient (Wildman–Crippen LogP) is 4.18. The standard InChI is InChI=1S/C25H22ClN7O2/c1-32(14-15-4-3-5-19(10-15)35-2)21-11-20(17-12-28-29-13-17)33-25(30-21)22(23(31-33)24(27)34)16-6-8-18(26)9-7-16/h3-13H,14H2,1-2H3,(H2,27,34)(H,28,29). The second-order valence-corrected chi connectivity index (χ2v) is 8.46. The zero-order valence-corrected chi connectivity index (χ0v) is 19.8. The molecule has 0 saturated carbocycles. The molecule has 3 N–H and O–H groups in total. The fraction of sp³-hybridized carbons (Fsp3) is 0.120. The first-order chi connectivity index (χ1) is 16.9. The number of fused-ring (bicyclic) bond motifs is 1. The topological polar surface area (TPSA) is 114 Å². The van der Waals surface area contributed by atoms with Gasteiger partial charge in [-0.2, -0.15) is 10.2 Å². The van der Waals surface area contributed by atoms with Crippen LogP contribution in [0.5, 0.6) is 5.75 Å². The van der Waals surface area contributed by atoms with E-state index in [9.17, 15) is 4.79 Å². The first kappa shape index (κ1) is 22.4. The van der Waals surface area contributed by atoms with Crippen LogP contribution in [0, 0.1) is 0 Å². The van der Waals surface area contributed by atoms with Crippen molar-refractivity contribution in [2.75, 3.05) is 19.1 Å². The fourth-order valence-electron chi connectivity index (χ4n) is 3.98. The lowest BCUT2D eigenvalue weighted by Gasteiger charge is -2.20. The van der Waals surface area contributed by atoms with E-state index >= 15 is 0 Å². The first-order valence-electron chi connectivity index (χ1n) is 10.8. The second-order valence-electron chi connectivity index (χ2n) is 8.02. The SMILES string of the molecule is COc1cccc(CN(C)c2cc(-c3cn[nH]c3)n3nc(C(N)=O)c(-c4ccc(Cl)cc4)c3n2)c1. The van der Waals surface area contributed by atoms with Gasteiger partial charge in [-0.3, -0.25) is 9.89 Å². The quantitative estimate of drug-likeness (QED) is 0.356. The molecule has 0 fully saturated rings. The summed E-state index contributed by atoms with van der Waals surface area (Å²) in [6.07, 6.45) is 3.45. The van der Waals surface area contributed by atoms with Crippen LogP contribution in [-0.2, 0) is 6.54 Å². The van der Waals surface area contributed by atoms with E-state index in [1.165, 1.54) is 0 Å². The number of nitrogens with zero attached hydrogens (tertiary/aromatic N) is 5. The van der Waals surface area contributed by atoms with Gasteiger partial charge in [0.2, 0.25) is 0 Å². The molecular formula is C25H22ClN7O2. The number of carbonyl (C=O) groups excluding carboxylic acids is 1. The van der Waals surface area contributed by atoms with Gasteiger partial charge in [0.25, 0.3) is 5.91 Å². The monoisotopic (exact) mass is 487 g/mol. The number of benzene rings is 2. The number of methoxy groups -OCH3 is 1.